The maximum absolute atomic E-state index is 12.3. The number of amides is 3. The molecule has 2 N–H and O–H groups in total. The molecule has 1 saturated heterocycles. The summed E-state index contributed by atoms with van der Waals surface area (Å²) in [4.78, 5) is 31.5. The number of urea groups is 1. The van der Waals surface area contributed by atoms with Crippen LogP contribution in [0.5, 0.6) is 0 Å². The predicted octanol–water partition coefficient (Wildman–Crippen LogP) is 1.21. The van der Waals surface area contributed by atoms with Gasteiger partial charge in [0.25, 0.3) is 0 Å². The number of likely N-dealkylation sites (tertiary alicyclic amines) is 1. The van der Waals surface area contributed by atoms with Crippen LogP contribution in [0.3, 0.4) is 0 Å². The molecule has 0 aromatic rings. The fraction of sp³-hybridized carbons (Fsp3) is 0.786. The van der Waals surface area contributed by atoms with Crippen molar-refractivity contribution in [1.82, 2.24) is 9.80 Å². The number of nitrogens with zero attached hydrogens (tertiary/aromatic N) is 3. The molecule has 2 rings (SSSR count). The van der Waals surface area contributed by atoms with Gasteiger partial charge in [0.15, 0.2) is 0 Å². The van der Waals surface area contributed by atoms with Crippen molar-refractivity contribution in [2.45, 2.75) is 45.6 Å². The van der Waals surface area contributed by atoms with Gasteiger partial charge in [0.05, 0.1) is 12.5 Å². The van der Waals surface area contributed by atoms with Gasteiger partial charge in [0.2, 0.25) is 5.91 Å². The molecule has 20 heavy (non-hydrogen) atoms. The average molecular weight is 280 g/mol. The molecular formula is C14H24N4O2. The Hall–Kier alpha value is -1.59. The van der Waals surface area contributed by atoms with E-state index in [1.165, 1.54) is 6.42 Å². The summed E-state index contributed by atoms with van der Waals surface area (Å²) in [6.07, 6.45) is 3.58. The van der Waals surface area contributed by atoms with Crippen LogP contribution in [0.25, 0.3) is 0 Å². The summed E-state index contributed by atoms with van der Waals surface area (Å²) in [6, 6.07) is -0.674. The quantitative estimate of drug-likeness (QED) is 0.840. The number of aliphatic imine (C=N–C) groups is 1. The Kier molecular flexibility index (Phi) is 4.62. The van der Waals surface area contributed by atoms with Gasteiger partial charge >= 0.3 is 6.03 Å². The standard InChI is InChI=1S/C14H24N4O2/c1-10(2)9-18-11(13(15)16-14(18)20)8-12(19)17-6-4-3-5-7-17/h10-11H,3-9H2,1-2H3,(H2,15,16,20). The maximum atomic E-state index is 12.3. The summed E-state index contributed by atoms with van der Waals surface area (Å²) in [7, 11) is 0. The second-order valence-electron chi connectivity index (χ2n) is 6.03. The summed E-state index contributed by atoms with van der Waals surface area (Å²) < 4.78 is 0. The molecule has 0 aromatic carbocycles. The molecule has 1 atom stereocenters. The Bertz CT molecular complexity index is 413. The molecule has 2 aliphatic heterocycles. The lowest BCUT2D eigenvalue weighted by Gasteiger charge is -2.30. The van der Waals surface area contributed by atoms with Crippen LogP contribution in [0, 0.1) is 5.92 Å². The zero-order chi connectivity index (χ0) is 14.7. The molecule has 6 heteroatoms. The van der Waals surface area contributed by atoms with Crippen LogP contribution in [-0.4, -0.2) is 53.2 Å². The number of hydrogen-bond donors (Lipinski definition) is 1. The minimum absolute atomic E-state index is 0.0799. The SMILES string of the molecule is CC(C)CN1C(=O)N=C(N)C1CC(=O)N1CCCCC1. The number of rotatable bonds is 4. The topological polar surface area (TPSA) is 79.0 Å². The second-order valence-corrected chi connectivity index (χ2v) is 6.03. The van der Waals surface area contributed by atoms with Gasteiger partial charge in [-0.15, -0.1) is 0 Å². The molecule has 0 aliphatic carbocycles. The first-order valence-corrected chi connectivity index (χ1v) is 7.41. The molecule has 0 spiro atoms. The Morgan fingerprint density at radius 1 is 1.35 bits per heavy atom. The molecule has 0 bridgehead atoms. The van der Waals surface area contributed by atoms with Crippen LogP contribution in [0.15, 0.2) is 4.99 Å². The zero-order valence-electron chi connectivity index (χ0n) is 12.3. The fourth-order valence-corrected chi connectivity index (χ4v) is 2.79. The number of piperidine rings is 1. The molecule has 2 heterocycles. The smallest absolute Gasteiger partial charge is 0.345 e. The van der Waals surface area contributed by atoms with Crippen LogP contribution in [-0.2, 0) is 4.79 Å². The van der Waals surface area contributed by atoms with Crippen molar-refractivity contribution in [3.8, 4) is 0 Å². The molecular weight excluding hydrogens is 256 g/mol. The molecule has 1 unspecified atom stereocenters. The molecule has 6 nitrogen and oxygen atoms in total. The first-order valence-electron chi connectivity index (χ1n) is 7.41. The third-order valence-corrected chi connectivity index (χ3v) is 3.83. The van der Waals surface area contributed by atoms with E-state index in [-0.39, 0.29) is 30.2 Å². The van der Waals surface area contributed by atoms with Crippen LogP contribution in [0.1, 0.15) is 39.5 Å². The van der Waals surface area contributed by atoms with Gasteiger partial charge in [-0.05, 0) is 25.2 Å². The summed E-state index contributed by atoms with van der Waals surface area (Å²) in [5, 5.41) is 0. The highest BCUT2D eigenvalue weighted by atomic mass is 16.2. The van der Waals surface area contributed by atoms with Crippen molar-refractivity contribution in [3.05, 3.63) is 0 Å². The molecule has 0 aromatic heterocycles. The first-order chi connectivity index (χ1) is 9.49. The van der Waals surface area contributed by atoms with E-state index >= 15 is 0 Å². The number of carbonyl (C=O) groups excluding carboxylic acids is 2. The lowest BCUT2D eigenvalue weighted by molar-refractivity contribution is -0.132. The normalized spacial score (nSPS) is 23.4. The monoisotopic (exact) mass is 280 g/mol. The van der Waals surface area contributed by atoms with E-state index < -0.39 is 0 Å². The van der Waals surface area contributed by atoms with Crippen molar-refractivity contribution >= 4 is 17.8 Å². The molecule has 2 aliphatic rings. The van der Waals surface area contributed by atoms with E-state index in [1.54, 1.807) is 4.90 Å². The highest BCUT2D eigenvalue weighted by molar-refractivity contribution is 6.04. The minimum atomic E-state index is -0.362. The molecule has 3 amide bonds. The third kappa shape index (κ3) is 3.29. The molecule has 1 fully saturated rings. The average Bonchev–Trinajstić information content (AvgIpc) is 2.66. The van der Waals surface area contributed by atoms with E-state index in [1.807, 2.05) is 18.7 Å². The van der Waals surface area contributed by atoms with Gasteiger partial charge in [-0.2, -0.15) is 4.99 Å². The number of hydrogen-bond acceptors (Lipinski definition) is 3. The Balaban J connectivity index is 1.99. The van der Waals surface area contributed by atoms with Crippen LogP contribution >= 0.6 is 0 Å². The van der Waals surface area contributed by atoms with Gasteiger partial charge in [0.1, 0.15) is 5.84 Å². The van der Waals surface area contributed by atoms with Gasteiger partial charge in [-0.3, -0.25) is 4.79 Å². The third-order valence-electron chi connectivity index (χ3n) is 3.83. The number of amidine groups is 1. The fourth-order valence-electron chi connectivity index (χ4n) is 2.79. The predicted molar refractivity (Wildman–Crippen MR) is 77.4 cm³/mol. The molecule has 0 saturated carbocycles. The zero-order valence-corrected chi connectivity index (χ0v) is 12.3. The number of nitrogens with two attached hydrogens (primary N) is 1. The van der Waals surface area contributed by atoms with Crippen molar-refractivity contribution in [2.24, 2.45) is 16.6 Å². The van der Waals surface area contributed by atoms with E-state index in [0.717, 1.165) is 25.9 Å². The highest BCUT2D eigenvalue weighted by Crippen LogP contribution is 2.19. The van der Waals surface area contributed by atoms with Crippen LogP contribution in [0.4, 0.5) is 4.79 Å². The lowest BCUT2D eigenvalue weighted by atomic mass is 10.1. The summed E-state index contributed by atoms with van der Waals surface area (Å²) >= 11 is 0. The van der Waals surface area contributed by atoms with Crippen LogP contribution in [0.2, 0.25) is 0 Å². The van der Waals surface area contributed by atoms with Crippen molar-refractivity contribution in [1.29, 1.82) is 0 Å². The highest BCUT2D eigenvalue weighted by Gasteiger charge is 2.36. The Morgan fingerprint density at radius 3 is 2.60 bits per heavy atom. The van der Waals surface area contributed by atoms with E-state index in [4.69, 9.17) is 5.73 Å². The summed E-state index contributed by atoms with van der Waals surface area (Å²) in [5.74, 6) is 0.685. The van der Waals surface area contributed by atoms with Crippen LogP contribution < -0.4 is 5.73 Å². The minimum Gasteiger partial charge on any atom is -0.385 e. The second kappa shape index (κ2) is 6.24. The van der Waals surface area contributed by atoms with Gasteiger partial charge < -0.3 is 15.5 Å². The summed E-state index contributed by atoms with van der Waals surface area (Å²) in [6.45, 7) is 6.29. The Morgan fingerprint density at radius 2 is 2.00 bits per heavy atom. The van der Waals surface area contributed by atoms with Gasteiger partial charge in [0, 0.05) is 19.6 Å². The largest absolute Gasteiger partial charge is 0.385 e. The molecule has 112 valence electrons. The Labute approximate surface area is 120 Å². The van der Waals surface area contributed by atoms with E-state index in [9.17, 15) is 9.59 Å². The van der Waals surface area contributed by atoms with Crippen molar-refractivity contribution in [2.75, 3.05) is 19.6 Å². The summed E-state index contributed by atoms with van der Waals surface area (Å²) in [5.41, 5.74) is 5.83. The van der Waals surface area contributed by atoms with Gasteiger partial charge in [-0.25, -0.2) is 4.79 Å². The lowest BCUT2D eigenvalue weighted by Crippen LogP contribution is -2.46. The van der Waals surface area contributed by atoms with Crippen molar-refractivity contribution < 1.29 is 9.59 Å². The van der Waals surface area contributed by atoms with Crippen molar-refractivity contribution in [3.63, 3.8) is 0 Å². The maximum Gasteiger partial charge on any atom is 0.345 e. The number of carbonyl (C=O) groups is 2. The molecule has 0 radical (unpaired) electrons. The van der Waals surface area contributed by atoms with E-state index in [0.29, 0.717) is 12.5 Å². The van der Waals surface area contributed by atoms with E-state index in [2.05, 4.69) is 4.99 Å². The van der Waals surface area contributed by atoms with Gasteiger partial charge in [-0.1, -0.05) is 13.8 Å². The first kappa shape index (κ1) is 14.8.